The van der Waals surface area contributed by atoms with Crippen molar-refractivity contribution in [3.8, 4) is 0 Å². The van der Waals surface area contributed by atoms with E-state index in [0.29, 0.717) is 6.54 Å². The third-order valence-electron chi connectivity index (χ3n) is 5.70. The van der Waals surface area contributed by atoms with Gasteiger partial charge in [-0.3, -0.25) is 0 Å². The maximum absolute atomic E-state index is 5.74. The number of rotatable bonds is 7. The van der Waals surface area contributed by atoms with E-state index >= 15 is 0 Å². The number of hydrogen-bond donors (Lipinski definition) is 3. The van der Waals surface area contributed by atoms with E-state index in [2.05, 4.69) is 125 Å². The minimum Gasteiger partial charge on any atom is -0.370 e. The molecule has 0 saturated heterocycles. The third-order valence-corrected chi connectivity index (χ3v) is 10.1. The van der Waals surface area contributed by atoms with Crippen molar-refractivity contribution >= 4 is 35.1 Å². The quantitative estimate of drug-likeness (QED) is 0.221. The summed E-state index contributed by atoms with van der Waals surface area (Å²) >= 11 is 0. The van der Waals surface area contributed by atoms with Crippen LogP contribution in [0.3, 0.4) is 0 Å². The van der Waals surface area contributed by atoms with Crippen LogP contribution in [-0.2, 0) is 12.7 Å². The van der Waals surface area contributed by atoms with Crippen LogP contribution >= 0.6 is 7.26 Å². The van der Waals surface area contributed by atoms with Gasteiger partial charge in [-0.05, 0) is 47.5 Å². The number of benzene rings is 4. The van der Waals surface area contributed by atoms with Crippen LogP contribution < -0.4 is 33.1 Å². The number of nitrogens with two attached hydrogens (primary N) is 3. The second kappa shape index (κ2) is 10.8. The summed E-state index contributed by atoms with van der Waals surface area (Å²) in [6.45, 7) is 0.416. The fraction of sp³-hybridized carbons (Fsp3) is 0.0714. The Kier molecular flexibility index (Phi) is 7.36. The van der Waals surface area contributed by atoms with Gasteiger partial charge in [0, 0.05) is 0 Å². The second-order valence-corrected chi connectivity index (χ2v) is 11.5. The Morgan fingerprint density at radius 2 is 0.971 bits per heavy atom. The molecule has 0 aromatic heterocycles. The molecule has 0 atom stereocenters. The maximum atomic E-state index is 5.74. The summed E-state index contributed by atoms with van der Waals surface area (Å²) in [6.07, 6.45) is 0.921. The molecular formula is C28H29N5P+. The van der Waals surface area contributed by atoms with E-state index in [9.17, 15) is 0 Å². The molecule has 0 saturated carbocycles. The van der Waals surface area contributed by atoms with Gasteiger partial charge >= 0.3 is 0 Å². The Morgan fingerprint density at radius 1 is 0.559 bits per heavy atom. The van der Waals surface area contributed by atoms with Gasteiger partial charge in [-0.25, -0.2) is 4.99 Å². The molecule has 34 heavy (non-hydrogen) atoms. The average Bonchev–Trinajstić information content (AvgIpc) is 2.88. The lowest BCUT2D eigenvalue weighted by molar-refractivity contribution is 1.05. The molecule has 170 valence electrons. The average molecular weight is 467 g/mol. The largest absolute Gasteiger partial charge is 0.370 e. The van der Waals surface area contributed by atoms with Crippen LogP contribution in [0.2, 0.25) is 0 Å². The molecule has 4 aromatic carbocycles. The Balaban J connectivity index is 1.75. The van der Waals surface area contributed by atoms with Gasteiger partial charge in [0.15, 0.2) is 5.96 Å². The fourth-order valence-corrected chi connectivity index (χ4v) is 8.38. The summed E-state index contributed by atoms with van der Waals surface area (Å²) in [5, 5.41) is 4.10. The Labute approximate surface area is 201 Å². The molecule has 0 unspecified atom stereocenters. The predicted molar refractivity (Wildman–Crippen MR) is 146 cm³/mol. The normalized spacial score (nSPS) is 11.7. The lowest BCUT2D eigenvalue weighted by Crippen LogP contribution is -2.32. The molecular weight excluding hydrogens is 437 g/mol. The predicted octanol–water partition coefficient (Wildman–Crippen LogP) is 3.27. The topological polar surface area (TPSA) is 103 Å². The lowest BCUT2D eigenvalue weighted by Gasteiger charge is -2.28. The first-order valence-electron chi connectivity index (χ1n) is 11.1. The molecule has 6 N–H and O–H groups in total. The molecule has 4 rings (SSSR count). The number of aliphatic imine (C=N–C) groups is 2. The summed E-state index contributed by atoms with van der Waals surface area (Å²) in [5.74, 6) is -0.0223. The molecule has 0 amide bonds. The van der Waals surface area contributed by atoms with Gasteiger partial charge in [-0.1, -0.05) is 78.9 Å². The van der Waals surface area contributed by atoms with Crippen molar-refractivity contribution in [3.63, 3.8) is 0 Å². The molecule has 0 aliphatic heterocycles. The molecule has 0 spiro atoms. The van der Waals surface area contributed by atoms with Crippen molar-refractivity contribution in [2.24, 2.45) is 27.2 Å². The van der Waals surface area contributed by atoms with E-state index < -0.39 is 7.26 Å². The first kappa shape index (κ1) is 23.2. The van der Waals surface area contributed by atoms with Gasteiger partial charge in [0.1, 0.15) is 23.2 Å². The number of nitrogens with zero attached hydrogens (tertiary/aromatic N) is 2. The Morgan fingerprint density at radius 3 is 1.38 bits per heavy atom. The van der Waals surface area contributed by atoms with Crippen LogP contribution in [0.5, 0.6) is 0 Å². The SMILES string of the molecule is NC(N)=NC(N)=NCc1ccc(C[P+](c2ccccc2)(c2ccccc2)c2ccccc2)cc1. The van der Waals surface area contributed by atoms with Crippen LogP contribution in [0.15, 0.2) is 125 Å². The minimum atomic E-state index is -1.93. The zero-order valence-corrected chi connectivity index (χ0v) is 19.9. The highest BCUT2D eigenvalue weighted by Crippen LogP contribution is 2.58. The first-order chi connectivity index (χ1) is 16.6. The fourth-order valence-electron chi connectivity index (χ4n) is 4.13. The molecule has 4 aromatic rings. The molecule has 0 fully saturated rings. The van der Waals surface area contributed by atoms with Gasteiger partial charge in [0.25, 0.3) is 0 Å². The van der Waals surface area contributed by atoms with Crippen molar-refractivity contribution < 1.29 is 0 Å². The second-order valence-electron chi connectivity index (χ2n) is 8.00. The van der Waals surface area contributed by atoms with E-state index in [1.807, 2.05) is 0 Å². The van der Waals surface area contributed by atoms with E-state index in [4.69, 9.17) is 17.2 Å². The van der Waals surface area contributed by atoms with Crippen molar-refractivity contribution in [1.82, 2.24) is 0 Å². The van der Waals surface area contributed by atoms with E-state index in [-0.39, 0.29) is 11.9 Å². The van der Waals surface area contributed by atoms with Crippen molar-refractivity contribution in [1.29, 1.82) is 0 Å². The zero-order valence-electron chi connectivity index (χ0n) is 19.0. The van der Waals surface area contributed by atoms with Crippen LogP contribution in [0, 0.1) is 0 Å². The zero-order chi connectivity index (χ0) is 23.8. The van der Waals surface area contributed by atoms with Crippen molar-refractivity contribution in [3.05, 3.63) is 126 Å². The van der Waals surface area contributed by atoms with Gasteiger partial charge in [0.05, 0.1) is 12.7 Å². The lowest BCUT2D eigenvalue weighted by atomic mass is 10.1. The van der Waals surface area contributed by atoms with E-state index in [0.717, 1.165) is 11.7 Å². The van der Waals surface area contributed by atoms with Crippen molar-refractivity contribution in [2.75, 3.05) is 0 Å². The maximum Gasteiger partial charge on any atom is 0.218 e. The molecule has 0 aliphatic carbocycles. The monoisotopic (exact) mass is 466 g/mol. The molecule has 0 heterocycles. The van der Waals surface area contributed by atoms with Gasteiger partial charge < -0.3 is 17.2 Å². The van der Waals surface area contributed by atoms with E-state index in [1.165, 1.54) is 21.5 Å². The van der Waals surface area contributed by atoms with Gasteiger partial charge in [0.2, 0.25) is 5.96 Å². The first-order valence-corrected chi connectivity index (χ1v) is 13.1. The standard InChI is InChI=1S/C28H29N5P/c29-27(30)33-28(31)32-20-22-16-18-23(19-17-22)21-34(24-10-4-1-5-11-24,25-12-6-2-7-13-25)26-14-8-3-9-15-26/h1-19H,20-21H2,(H6,29,30,31,32,33)/q+1. The Bertz CT molecular complexity index is 1150. The van der Waals surface area contributed by atoms with Crippen LogP contribution in [0.1, 0.15) is 11.1 Å². The molecule has 5 nitrogen and oxygen atoms in total. The molecule has 0 radical (unpaired) electrons. The Hall–Kier alpha value is -3.95. The van der Waals surface area contributed by atoms with Gasteiger partial charge in [-0.15, -0.1) is 0 Å². The number of guanidine groups is 2. The molecule has 0 bridgehead atoms. The summed E-state index contributed by atoms with van der Waals surface area (Å²) < 4.78 is 0. The highest BCUT2D eigenvalue weighted by Gasteiger charge is 2.45. The summed E-state index contributed by atoms with van der Waals surface area (Å²) in [6, 6.07) is 41.2. The molecule has 0 aliphatic rings. The summed E-state index contributed by atoms with van der Waals surface area (Å²) in [7, 11) is -1.93. The third kappa shape index (κ3) is 5.33. The highest BCUT2D eigenvalue weighted by atomic mass is 31.2. The molecule has 6 heteroatoms. The summed E-state index contributed by atoms with van der Waals surface area (Å²) in [5.41, 5.74) is 18.8. The van der Waals surface area contributed by atoms with Crippen molar-refractivity contribution in [2.45, 2.75) is 12.7 Å². The summed E-state index contributed by atoms with van der Waals surface area (Å²) in [4.78, 5) is 8.00. The highest BCUT2D eigenvalue weighted by molar-refractivity contribution is 7.95. The minimum absolute atomic E-state index is 0.0752. The smallest absolute Gasteiger partial charge is 0.218 e. The van der Waals surface area contributed by atoms with Crippen LogP contribution in [0.4, 0.5) is 0 Å². The number of hydrogen-bond acceptors (Lipinski definition) is 1. The van der Waals surface area contributed by atoms with Gasteiger partial charge in [-0.2, -0.15) is 4.99 Å². The van der Waals surface area contributed by atoms with Crippen LogP contribution in [0.25, 0.3) is 0 Å². The van der Waals surface area contributed by atoms with E-state index in [1.54, 1.807) is 0 Å². The van der Waals surface area contributed by atoms with Crippen LogP contribution in [-0.4, -0.2) is 11.9 Å².